The highest BCUT2D eigenvalue weighted by atomic mass is 32.2. The van der Waals surface area contributed by atoms with Gasteiger partial charge in [0.2, 0.25) is 0 Å². The van der Waals surface area contributed by atoms with Crippen molar-refractivity contribution in [2.24, 2.45) is 4.99 Å². The van der Waals surface area contributed by atoms with E-state index in [-0.39, 0.29) is 5.91 Å². The number of amides is 1. The van der Waals surface area contributed by atoms with Crippen molar-refractivity contribution < 1.29 is 9.53 Å². The van der Waals surface area contributed by atoms with E-state index in [1.807, 2.05) is 36.4 Å². The minimum Gasteiger partial charge on any atom is -0.497 e. The van der Waals surface area contributed by atoms with Gasteiger partial charge in [0.05, 0.1) is 12.0 Å². The number of nitrogens with zero attached hydrogens (tertiary/aromatic N) is 3. The van der Waals surface area contributed by atoms with Crippen LogP contribution in [0.15, 0.2) is 76.6 Å². The molecule has 1 amide bonds. The van der Waals surface area contributed by atoms with Crippen molar-refractivity contribution in [1.29, 1.82) is 0 Å². The zero-order chi connectivity index (χ0) is 21.9. The van der Waals surface area contributed by atoms with Crippen molar-refractivity contribution in [3.05, 3.63) is 82.8 Å². The topological polar surface area (TPSA) is 45.1 Å². The first-order chi connectivity index (χ1) is 15.7. The summed E-state index contributed by atoms with van der Waals surface area (Å²) in [6.07, 6.45) is 1.94. The normalized spacial score (nSPS) is 18.4. The number of amidine groups is 1. The number of benzene rings is 3. The van der Waals surface area contributed by atoms with Gasteiger partial charge in [0.1, 0.15) is 5.75 Å². The van der Waals surface area contributed by atoms with Crippen LogP contribution >= 0.6 is 11.8 Å². The Morgan fingerprint density at radius 2 is 1.72 bits per heavy atom. The third kappa shape index (κ3) is 4.56. The number of aliphatic imine (C=N–C) groups is 1. The van der Waals surface area contributed by atoms with Gasteiger partial charge in [0.15, 0.2) is 5.17 Å². The summed E-state index contributed by atoms with van der Waals surface area (Å²) >= 11 is 1.49. The highest BCUT2D eigenvalue weighted by Crippen LogP contribution is 2.31. The number of hydrogen-bond acceptors (Lipinski definition) is 5. The highest BCUT2D eigenvalue weighted by molar-refractivity contribution is 8.18. The smallest absolute Gasteiger partial charge is 0.286 e. The Hall–Kier alpha value is -3.09. The predicted octanol–water partition coefficient (Wildman–Crippen LogP) is 4.64. The number of ether oxygens (including phenoxy) is 1. The van der Waals surface area contributed by atoms with E-state index in [9.17, 15) is 4.79 Å². The summed E-state index contributed by atoms with van der Waals surface area (Å²) in [5.74, 6) is 0.693. The zero-order valence-corrected chi connectivity index (χ0v) is 18.8. The average Bonchev–Trinajstić information content (AvgIpc) is 3.20. The molecule has 0 saturated carbocycles. The Bertz CT molecular complexity index is 1200. The molecule has 2 aliphatic rings. The summed E-state index contributed by atoms with van der Waals surface area (Å²) in [7, 11) is 1.67. The number of carbonyl (C=O) groups excluding carboxylic acids is 1. The van der Waals surface area contributed by atoms with Gasteiger partial charge >= 0.3 is 0 Å². The molecule has 32 heavy (non-hydrogen) atoms. The second kappa shape index (κ2) is 9.18. The summed E-state index contributed by atoms with van der Waals surface area (Å²) in [5, 5.41) is 3.06. The SMILES string of the molecule is COc1ccc2cc(/C=C3\SC(N4CCN(Cc5ccccc5)CC4)=NC3=O)ccc2c1. The van der Waals surface area contributed by atoms with E-state index in [1.54, 1.807) is 7.11 Å². The molecule has 0 spiro atoms. The summed E-state index contributed by atoms with van der Waals surface area (Å²) < 4.78 is 5.30. The van der Waals surface area contributed by atoms with Crippen molar-refractivity contribution >= 4 is 39.7 Å². The van der Waals surface area contributed by atoms with E-state index in [4.69, 9.17) is 4.74 Å². The minimum atomic E-state index is -0.147. The van der Waals surface area contributed by atoms with Gasteiger partial charge in [-0.3, -0.25) is 9.69 Å². The average molecular weight is 444 g/mol. The number of methoxy groups -OCH3 is 1. The fourth-order valence-corrected chi connectivity index (χ4v) is 5.05. The maximum absolute atomic E-state index is 12.6. The molecule has 2 aliphatic heterocycles. The lowest BCUT2D eigenvalue weighted by atomic mass is 10.1. The minimum absolute atomic E-state index is 0.147. The Balaban J connectivity index is 1.23. The van der Waals surface area contributed by atoms with E-state index < -0.39 is 0 Å². The molecule has 3 aromatic carbocycles. The lowest BCUT2D eigenvalue weighted by Crippen LogP contribution is -2.47. The van der Waals surface area contributed by atoms with Crippen LogP contribution in [0.25, 0.3) is 16.8 Å². The second-order valence-electron chi connectivity index (χ2n) is 8.03. The van der Waals surface area contributed by atoms with Crippen LogP contribution in [0.4, 0.5) is 0 Å². The fraction of sp³-hybridized carbons (Fsp3) is 0.231. The molecule has 0 aromatic heterocycles. The molecule has 0 unspecified atom stereocenters. The van der Waals surface area contributed by atoms with Crippen LogP contribution < -0.4 is 4.74 Å². The van der Waals surface area contributed by atoms with Gasteiger partial charge in [0, 0.05) is 32.7 Å². The van der Waals surface area contributed by atoms with Crippen molar-refractivity contribution in [3.8, 4) is 5.75 Å². The van der Waals surface area contributed by atoms with Gasteiger partial charge < -0.3 is 9.64 Å². The standard InChI is InChI=1S/C26H25N3O2S/c1-31-23-10-9-21-15-20(7-8-22(21)17-23)16-24-25(30)27-26(32-24)29-13-11-28(12-14-29)18-19-5-3-2-4-6-19/h2-10,15-17H,11-14,18H2,1H3/b24-16-. The number of thioether (sulfide) groups is 1. The summed E-state index contributed by atoms with van der Waals surface area (Å²) in [6, 6.07) is 22.7. The quantitative estimate of drug-likeness (QED) is 0.550. The molecule has 0 atom stereocenters. The molecule has 6 heteroatoms. The molecule has 2 heterocycles. The molecule has 0 N–H and O–H groups in total. The first-order valence-corrected chi connectivity index (χ1v) is 11.6. The second-order valence-corrected chi connectivity index (χ2v) is 9.04. The lowest BCUT2D eigenvalue weighted by Gasteiger charge is -2.35. The monoisotopic (exact) mass is 443 g/mol. The molecule has 5 rings (SSSR count). The first kappa shape index (κ1) is 20.8. The molecule has 0 radical (unpaired) electrons. The fourth-order valence-electron chi connectivity index (χ4n) is 4.08. The van der Waals surface area contributed by atoms with Gasteiger partial charge in [-0.25, -0.2) is 0 Å². The van der Waals surface area contributed by atoms with Crippen LogP contribution in [-0.2, 0) is 11.3 Å². The Morgan fingerprint density at radius 3 is 2.50 bits per heavy atom. The van der Waals surface area contributed by atoms with Gasteiger partial charge in [0.25, 0.3) is 5.91 Å². The highest BCUT2D eigenvalue weighted by Gasteiger charge is 2.28. The van der Waals surface area contributed by atoms with Crippen LogP contribution in [0, 0.1) is 0 Å². The lowest BCUT2D eigenvalue weighted by molar-refractivity contribution is -0.113. The third-order valence-electron chi connectivity index (χ3n) is 5.87. The Labute approximate surface area is 192 Å². The van der Waals surface area contributed by atoms with Crippen LogP contribution in [0.1, 0.15) is 11.1 Å². The van der Waals surface area contributed by atoms with Crippen LogP contribution in [0.2, 0.25) is 0 Å². The molecular weight excluding hydrogens is 418 g/mol. The zero-order valence-electron chi connectivity index (χ0n) is 18.0. The van der Waals surface area contributed by atoms with Crippen LogP contribution in [0.3, 0.4) is 0 Å². The van der Waals surface area contributed by atoms with E-state index in [1.165, 1.54) is 17.3 Å². The van der Waals surface area contributed by atoms with Crippen LogP contribution in [-0.4, -0.2) is 54.2 Å². The van der Waals surface area contributed by atoms with E-state index in [0.717, 1.165) is 60.0 Å². The molecular formula is C26H25N3O2S. The van der Waals surface area contributed by atoms with Gasteiger partial charge in [-0.05, 0) is 57.9 Å². The molecule has 5 nitrogen and oxygen atoms in total. The Morgan fingerprint density at radius 1 is 0.969 bits per heavy atom. The number of piperazine rings is 1. The van der Waals surface area contributed by atoms with Gasteiger partial charge in [-0.2, -0.15) is 4.99 Å². The third-order valence-corrected chi connectivity index (χ3v) is 6.91. The van der Waals surface area contributed by atoms with E-state index in [2.05, 4.69) is 51.2 Å². The molecule has 162 valence electrons. The number of carbonyl (C=O) groups is 1. The van der Waals surface area contributed by atoms with Crippen LogP contribution in [0.5, 0.6) is 5.75 Å². The molecule has 1 saturated heterocycles. The summed E-state index contributed by atoms with van der Waals surface area (Å²) in [4.78, 5) is 22.3. The number of rotatable bonds is 4. The maximum atomic E-state index is 12.6. The van der Waals surface area contributed by atoms with Crippen molar-refractivity contribution in [1.82, 2.24) is 9.80 Å². The summed E-state index contributed by atoms with van der Waals surface area (Å²) in [5.41, 5.74) is 2.34. The van der Waals surface area contributed by atoms with Crippen molar-refractivity contribution in [2.75, 3.05) is 33.3 Å². The first-order valence-electron chi connectivity index (χ1n) is 10.8. The van der Waals surface area contributed by atoms with E-state index in [0.29, 0.717) is 4.91 Å². The summed E-state index contributed by atoms with van der Waals surface area (Å²) in [6.45, 7) is 4.67. The molecule has 1 fully saturated rings. The largest absolute Gasteiger partial charge is 0.497 e. The molecule has 3 aromatic rings. The van der Waals surface area contributed by atoms with Gasteiger partial charge in [-0.15, -0.1) is 0 Å². The van der Waals surface area contributed by atoms with E-state index >= 15 is 0 Å². The molecule has 0 aliphatic carbocycles. The van der Waals surface area contributed by atoms with Crippen molar-refractivity contribution in [2.45, 2.75) is 6.54 Å². The maximum Gasteiger partial charge on any atom is 0.286 e. The number of hydrogen-bond donors (Lipinski definition) is 0. The van der Waals surface area contributed by atoms with Crippen molar-refractivity contribution in [3.63, 3.8) is 0 Å². The predicted molar refractivity (Wildman–Crippen MR) is 132 cm³/mol. The Kier molecular flexibility index (Phi) is 5.97. The van der Waals surface area contributed by atoms with Gasteiger partial charge in [-0.1, -0.05) is 48.5 Å². The molecule has 0 bridgehead atoms. The number of fused-ring (bicyclic) bond motifs is 1.